The quantitative estimate of drug-likeness (QED) is 0.817. The first-order valence-electron chi connectivity index (χ1n) is 6.02. The summed E-state index contributed by atoms with van der Waals surface area (Å²) in [6.07, 6.45) is 1.27. The summed E-state index contributed by atoms with van der Waals surface area (Å²) in [5.74, 6) is 0.0520. The van der Waals surface area contributed by atoms with Gasteiger partial charge in [-0.2, -0.15) is 0 Å². The number of nitrogens with two attached hydrogens (primary N) is 1. The van der Waals surface area contributed by atoms with Gasteiger partial charge in [-0.15, -0.1) is 0 Å². The molecule has 0 aliphatic rings. The Morgan fingerprint density at radius 3 is 2.47 bits per heavy atom. The van der Waals surface area contributed by atoms with Crippen molar-refractivity contribution in [3.63, 3.8) is 0 Å². The minimum absolute atomic E-state index is 0.0520. The van der Waals surface area contributed by atoms with Crippen molar-refractivity contribution in [2.24, 2.45) is 5.73 Å². The molecule has 0 saturated carbocycles. The van der Waals surface area contributed by atoms with Gasteiger partial charge >= 0.3 is 0 Å². The minimum atomic E-state index is -0.353. The lowest BCUT2D eigenvalue weighted by Crippen LogP contribution is -2.54. The van der Waals surface area contributed by atoms with Crippen LogP contribution in [0.5, 0.6) is 0 Å². The van der Waals surface area contributed by atoms with Crippen LogP contribution in [0.1, 0.15) is 32.8 Å². The molecule has 3 N–H and O–H groups in total. The fourth-order valence-corrected chi connectivity index (χ4v) is 1.44. The molecule has 3 nitrogen and oxygen atoms in total. The highest BCUT2D eigenvalue weighted by molar-refractivity contribution is 5.77. The van der Waals surface area contributed by atoms with Gasteiger partial charge < -0.3 is 11.1 Å². The summed E-state index contributed by atoms with van der Waals surface area (Å²) in [5, 5.41) is 2.96. The lowest BCUT2D eigenvalue weighted by atomic mass is 9.96. The fourth-order valence-electron chi connectivity index (χ4n) is 1.44. The average molecular weight is 234 g/mol. The molecule has 1 atom stereocenters. The minimum Gasteiger partial charge on any atom is -0.350 e. The van der Waals surface area contributed by atoms with Gasteiger partial charge in [0, 0.05) is 18.0 Å². The molecule has 0 radical (unpaired) electrons. The zero-order valence-electron chi connectivity index (χ0n) is 10.9. The largest absolute Gasteiger partial charge is 0.350 e. The molecular formula is C14H22N2O. The topological polar surface area (TPSA) is 55.1 Å². The Morgan fingerprint density at radius 1 is 1.35 bits per heavy atom. The number of carbonyl (C=O) groups excluding carboxylic acids is 1. The van der Waals surface area contributed by atoms with Crippen molar-refractivity contribution < 1.29 is 4.79 Å². The number of hydrogen-bond acceptors (Lipinski definition) is 2. The Bertz CT molecular complexity index is 358. The predicted molar refractivity (Wildman–Crippen MR) is 70.6 cm³/mol. The van der Waals surface area contributed by atoms with Crippen molar-refractivity contribution in [1.29, 1.82) is 0 Å². The zero-order valence-corrected chi connectivity index (χ0v) is 10.9. The van der Waals surface area contributed by atoms with E-state index in [1.165, 1.54) is 5.56 Å². The van der Waals surface area contributed by atoms with Crippen molar-refractivity contribution in [2.75, 3.05) is 0 Å². The Kier molecular flexibility index (Phi) is 4.70. The molecule has 17 heavy (non-hydrogen) atoms. The number of amides is 1. The number of nitrogens with one attached hydrogen (secondary N) is 1. The van der Waals surface area contributed by atoms with Gasteiger partial charge in [0.15, 0.2) is 0 Å². The van der Waals surface area contributed by atoms with E-state index >= 15 is 0 Å². The normalized spacial score (nSPS) is 13.2. The molecule has 0 saturated heterocycles. The summed E-state index contributed by atoms with van der Waals surface area (Å²) in [7, 11) is 0. The maximum Gasteiger partial charge on any atom is 0.220 e. The standard InChI is InChI=1S/C14H22N2O/c1-11(15)14(2,3)16-13(17)10-9-12-7-5-4-6-8-12/h4-8,11H,9-10,15H2,1-3H3,(H,16,17). The molecule has 0 aromatic heterocycles. The van der Waals surface area contributed by atoms with Gasteiger partial charge in [-0.05, 0) is 32.8 Å². The van der Waals surface area contributed by atoms with Crippen molar-refractivity contribution in [1.82, 2.24) is 5.32 Å². The Hall–Kier alpha value is -1.35. The van der Waals surface area contributed by atoms with Crippen molar-refractivity contribution in [3.8, 4) is 0 Å². The fraction of sp³-hybridized carbons (Fsp3) is 0.500. The van der Waals surface area contributed by atoms with E-state index < -0.39 is 0 Å². The van der Waals surface area contributed by atoms with Gasteiger partial charge in [-0.3, -0.25) is 4.79 Å². The molecule has 1 aromatic rings. The lowest BCUT2D eigenvalue weighted by Gasteiger charge is -2.30. The van der Waals surface area contributed by atoms with E-state index in [-0.39, 0.29) is 17.5 Å². The van der Waals surface area contributed by atoms with E-state index in [0.717, 1.165) is 6.42 Å². The van der Waals surface area contributed by atoms with E-state index in [1.807, 2.05) is 51.1 Å². The summed E-state index contributed by atoms with van der Waals surface area (Å²) in [6.45, 7) is 5.79. The molecule has 1 rings (SSSR count). The molecular weight excluding hydrogens is 212 g/mol. The van der Waals surface area contributed by atoms with Gasteiger partial charge in [-0.25, -0.2) is 0 Å². The summed E-state index contributed by atoms with van der Waals surface area (Å²) in [4.78, 5) is 11.8. The van der Waals surface area contributed by atoms with Crippen LogP contribution in [-0.4, -0.2) is 17.5 Å². The van der Waals surface area contributed by atoms with Crippen LogP contribution in [-0.2, 0) is 11.2 Å². The Morgan fingerprint density at radius 2 is 1.94 bits per heavy atom. The average Bonchev–Trinajstić information content (AvgIpc) is 2.27. The van der Waals surface area contributed by atoms with Gasteiger partial charge in [0.2, 0.25) is 5.91 Å². The second-order valence-corrected chi connectivity index (χ2v) is 5.04. The molecule has 1 amide bonds. The van der Waals surface area contributed by atoms with E-state index in [1.54, 1.807) is 0 Å². The number of carbonyl (C=O) groups is 1. The van der Waals surface area contributed by atoms with Gasteiger partial charge in [0.1, 0.15) is 0 Å². The molecule has 0 aliphatic carbocycles. The maximum absolute atomic E-state index is 11.8. The number of benzene rings is 1. The van der Waals surface area contributed by atoms with E-state index in [2.05, 4.69) is 5.32 Å². The highest BCUT2D eigenvalue weighted by Gasteiger charge is 2.24. The van der Waals surface area contributed by atoms with Crippen LogP contribution in [0.4, 0.5) is 0 Å². The van der Waals surface area contributed by atoms with Crippen LogP contribution in [0.15, 0.2) is 30.3 Å². The van der Waals surface area contributed by atoms with Crippen LogP contribution in [0.25, 0.3) is 0 Å². The molecule has 0 heterocycles. The van der Waals surface area contributed by atoms with Gasteiger partial charge in [0.05, 0.1) is 0 Å². The van der Waals surface area contributed by atoms with E-state index in [0.29, 0.717) is 6.42 Å². The van der Waals surface area contributed by atoms with Crippen LogP contribution < -0.4 is 11.1 Å². The third-order valence-corrected chi connectivity index (χ3v) is 3.08. The van der Waals surface area contributed by atoms with E-state index in [4.69, 9.17) is 5.73 Å². The van der Waals surface area contributed by atoms with Crippen LogP contribution in [0, 0.1) is 0 Å². The molecule has 0 bridgehead atoms. The Balaban J connectivity index is 2.41. The molecule has 0 aliphatic heterocycles. The van der Waals surface area contributed by atoms with Crippen molar-refractivity contribution >= 4 is 5.91 Å². The van der Waals surface area contributed by atoms with Crippen LogP contribution in [0.2, 0.25) is 0 Å². The third-order valence-electron chi connectivity index (χ3n) is 3.08. The second-order valence-electron chi connectivity index (χ2n) is 5.04. The first-order chi connectivity index (χ1) is 7.92. The molecule has 1 unspecified atom stereocenters. The van der Waals surface area contributed by atoms with Crippen LogP contribution in [0.3, 0.4) is 0 Å². The first kappa shape index (κ1) is 13.7. The number of aryl methyl sites for hydroxylation is 1. The number of rotatable bonds is 5. The van der Waals surface area contributed by atoms with Crippen LogP contribution >= 0.6 is 0 Å². The van der Waals surface area contributed by atoms with Crippen molar-refractivity contribution in [2.45, 2.75) is 45.2 Å². The predicted octanol–water partition coefficient (Wildman–Crippen LogP) is 1.86. The summed E-state index contributed by atoms with van der Waals surface area (Å²) in [6, 6.07) is 9.94. The van der Waals surface area contributed by atoms with Gasteiger partial charge in [0.25, 0.3) is 0 Å². The summed E-state index contributed by atoms with van der Waals surface area (Å²) < 4.78 is 0. The number of hydrogen-bond donors (Lipinski definition) is 2. The molecule has 3 heteroatoms. The third kappa shape index (κ3) is 4.57. The van der Waals surface area contributed by atoms with Crippen molar-refractivity contribution in [3.05, 3.63) is 35.9 Å². The SMILES string of the molecule is CC(N)C(C)(C)NC(=O)CCc1ccccc1. The molecule has 94 valence electrons. The second kappa shape index (κ2) is 5.82. The smallest absolute Gasteiger partial charge is 0.220 e. The maximum atomic E-state index is 11.8. The highest BCUT2D eigenvalue weighted by atomic mass is 16.1. The summed E-state index contributed by atoms with van der Waals surface area (Å²) >= 11 is 0. The summed E-state index contributed by atoms with van der Waals surface area (Å²) in [5.41, 5.74) is 6.64. The molecule has 0 spiro atoms. The molecule has 1 aromatic carbocycles. The monoisotopic (exact) mass is 234 g/mol. The van der Waals surface area contributed by atoms with E-state index in [9.17, 15) is 4.79 Å². The Labute approximate surface area is 103 Å². The lowest BCUT2D eigenvalue weighted by molar-refractivity contribution is -0.122. The first-order valence-corrected chi connectivity index (χ1v) is 6.02. The molecule has 0 fully saturated rings. The van der Waals surface area contributed by atoms with Gasteiger partial charge in [-0.1, -0.05) is 30.3 Å². The highest BCUT2D eigenvalue weighted by Crippen LogP contribution is 2.08. The zero-order chi connectivity index (χ0) is 12.9.